The molecule has 1 heterocycles. The molecule has 2 rings (SSSR count). The van der Waals surface area contributed by atoms with Crippen LogP contribution in [-0.2, 0) is 4.74 Å². The number of nitro groups is 1. The molecule has 0 unspecified atom stereocenters. The maximum Gasteiger partial charge on any atom is 0.269 e. The smallest absolute Gasteiger partial charge is 0.269 e. The lowest BCUT2D eigenvalue weighted by Gasteiger charge is -2.19. The molecule has 8 heteroatoms. The summed E-state index contributed by atoms with van der Waals surface area (Å²) in [6.07, 6.45) is -4.12. The first kappa shape index (κ1) is 14.7. The molecule has 0 aromatic heterocycles. The fourth-order valence-electron chi connectivity index (χ4n) is 2.10. The SMILES string of the molecule is Cc1cc([N+](=O)[O-])ccc1N[C@@H]1O[C@H](CO)[C@H](O)[C@@H]1O. The monoisotopic (exact) mass is 284 g/mol. The van der Waals surface area contributed by atoms with Crippen LogP contribution < -0.4 is 5.32 Å². The number of nitrogens with zero attached hydrogens (tertiary/aromatic N) is 1. The summed E-state index contributed by atoms with van der Waals surface area (Å²) in [5.41, 5.74) is 1.12. The van der Waals surface area contributed by atoms with Crippen LogP contribution >= 0.6 is 0 Å². The quantitative estimate of drug-likeness (QED) is 0.444. The molecule has 0 amide bonds. The summed E-state index contributed by atoms with van der Waals surface area (Å²) in [5, 5.41) is 41.9. The number of nitro benzene ring substituents is 1. The van der Waals surface area contributed by atoms with Gasteiger partial charge in [-0.15, -0.1) is 0 Å². The molecule has 4 N–H and O–H groups in total. The average Bonchev–Trinajstić information content (AvgIpc) is 2.68. The van der Waals surface area contributed by atoms with Gasteiger partial charge in [0.2, 0.25) is 0 Å². The molecule has 0 saturated carbocycles. The molecule has 0 bridgehead atoms. The van der Waals surface area contributed by atoms with Gasteiger partial charge in [-0.3, -0.25) is 10.1 Å². The van der Waals surface area contributed by atoms with Crippen molar-refractivity contribution in [2.24, 2.45) is 0 Å². The Morgan fingerprint density at radius 1 is 1.40 bits per heavy atom. The largest absolute Gasteiger partial charge is 0.394 e. The number of non-ortho nitro benzene ring substituents is 1. The summed E-state index contributed by atoms with van der Waals surface area (Å²) >= 11 is 0. The van der Waals surface area contributed by atoms with Gasteiger partial charge in [-0.2, -0.15) is 0 Å². The third kappa shape index (κ3) is 2.73. The molecule has 1 fully saturated rings. The third-order valence-electron chi connectivity index (χ3n) is 3.26. The molecule has 20 heavy (non-hydrogen) atoms. The minimum Gasteiger partial charge on any atom is -0.394 e. The van der Waals surface area contributed by atoms with E-state index in [1.54, 1.807) is 6.92 Å². The van der Waals surface area contributed by atoms with Gasteiger partial charge in [0.05, 0.1) is 11.5 Å². The van der Waals surface area contributed by atoms with Gasteiger partial charge in [0.15, 0.2) is 6.23 Å². The number of hydrogen-bond donors (Lipinski definition) is 4. The van der Waals surface area contributed by atoms with Crippen molar-refractivity contribution < 1.29 is 25.0 Å². The standard InChI is InChI=1S/C12H16N2O6/c1-6-4-7(14(18)19)2-3-8(6)13-12-11(17)10(16)9(5-15)20-12/h2-4,9-13,15-17H,5H2,1H3/t9-,10+,11+,12-/m1/s1. The Labute approximate surface area is 114 Å². The van der Waals surface area contributed by atoms with Gasteiger partial charge in [-0.25, -0.2) is 0 Å². The topological polar surface area (TPSA) is 125 Å². The number of nitrogens with one attached hydrogen (secondary N) is 1. The lowest BCUT2D eigenvalue weighted by Crippen LogP contribution is -2.36. The molecule has 1 aromatic carbocycles. The van der Waals surface area contributed by atoms with Crippen molar-refractivity contribution in [1.29, 1.82) is 0 Å². The Morgan fingerprint density at radius 2 is 2.10 bits per heavy atom. The molecule has 4 atom stereocenters. The second kappa shape index (κ2) is 5.71. The van der Waals surface area contributed by atoms with Crippen LogP contribution in [0.3, 0.4) is 0 Å². The van der Waals surface area contributed by atoms with Gasteiger partial charge in [-0.1, -0.05) is 0 Å². The number of aliphatic hydroxyl groups is 3. The highest BCUT2D eigenvalue weighted by molar-refractivity contribution is 5.55. The first-order valence-electron chi connectivity index (χ1n) is 6.08. The predicted molar refractivity (Wildman–Crippen MR) is 69.2 cm³/mol. The molecule has 1 aromatic rings. The van der Waals surface area contributed by atoms with E-state index in [1.165, 1.54) is 18.2 Å². The molecule has 0 aliphatic carbocycles. The molecule has 8 nitrogen and oxygen atoms in total. The maximum atomic E-state index is 10.6. The van der Waals surface area contributed by atoms with E-state index < -0.39 is 36.1 Å². The molecule has 0 spiro atoms. The number of aliphatic hydroxyl groups excluding tert-OH is 3. The van der Waals surface area contributed by atoms with Crippen molar-refractivity contribution in [3.05, 3.63) is 33.9 Å². The highest BCUT2D eigenvalue weighted by atomic mass is 16.6. The van der Waals surface area contributed by atoms with Crippen LogP contribution in [-0.4, -0.2) is 51.4 Å². The highest BCUT2D eigenvalue weighted by Gasteiger charge is 2.42. The van der Waals surface area contributed by atoms with Crippen molar-refractivity contribution in [1.82, 2.24) is 0 Å². The summed E-state index contributed by atoms with van der Waals surface area (Å²) in [6.45, 7) is 1.27. The summed E-state index contributed by atoms with van der Waals surface area (Å²) < 4.78 is 5.28. The molecule has 0 radical (unpaired) electrons. The number of anilines is 1. The van der Waals surface area contributed by atoms with Crippen molar-refractivity contribution in [2.45, 2.75) is 31.5 Å². The van der Waals surface area contributed by atoms with Crippen LogP contribution in [0.15, 0.2) is 18.2 Å². The average molecular weight is 284 g/mol. The van der Waals surface area contributed by atoms with Crippen LogP contribution in [0.2, 0.25) is 0 Å². The van der Waals surface area contributed by atoms with E-state index in [0.717, 1.165) is 0 Å². The first-order chi connectivity index (χ1) is 9.43. The number of aryl methyl sites for hydroxylation is 1. The van der Waals surface area contributed by atoms with Crippen molar-refractivity contribution >= 4 is 11.4 Å². The second-order valence-corrected chi connectivity index (χ2v) is 4.66. The minimum atomic E-state index is -1.19. The fraction of sp³-hybridized carbons (Fsp3) is 0.500. The van der Waals surface area contributed by atoms with E-state index in [2.05, 4.69) is 5.32 Å². The second-order valence-electron chi connectivity index (χ2n) is 4.66. The van der Waals surface area contributed by atoms with Crippen molar-refractivity contribution in [3.8, 4) is 0 Å². The Morgan fingerprint density at radius 3 is 2.60 bits per heavy atom. The van der Waals surface area contributed by atoms with Gasteiger partial charge in [0.25, 0.3) is 5.69 Å². The Bertz CT molecular complexity index is 509. The number of ether oxygens (including phenoxy) is 1. The van der Waals surface area contributed by atoms with Gasteiger partial charge in [0, 0.05) is 17.8 Å². The van der Waals surface area contributed by atoms with Crippen LogP contribution in [0.5, 0.6) is 0 Å². The summed E-state index contributed by atoms with van der Waals surface area (Å²) in [4.78, 5) is 10.1. The van der Waals surface area contributed by atoms with Crippen LogP contribution in [0.1, 0.15) is 5.56 Å². The van der Waals surface area contributed by atoms with Crippen LogP contribution in [0, 0.1) is 17.0 Å². The van der Waals surface area contributed by atoms with Gasteiger partial charge >= 0.3 is 0 Å². The first-order valence-corrected chi connectivity index (χ1v) is 6.08. The zero-order valence-electron chi connectivity index (χ0n) is 10.8. The predicted octanol–water partition coefficient (Wildman–Crippen LogP) is -0.246. The number of rotatable bonds is 4. The van der Waals surface area contributed by atoms with E-state index in [4.69, 9.17) is 9.84 Å². The summed E-state index contributed by atoms with van der Waals surface area (Å²) in [5.74, 6) is 0. The van der Waals surface area contributed by atoms with E-state index in [-0.39, 0.29) is 5.69 Å². The fourth-order valence-corrected chi connectivity index (χ4v) is 2.10. The third-order valence-corrected chi connectivity index (χ3v) is 3.26. The molecule has 1 aliphatic heterocycles. The number of benzene rings is 1. The van der Waals surface area contributed by atoms with Crippen molar-refractivity contribution in [2.75, 3.05) is 11.9 Å². The van der Waals surface area contributed by atoms with Gasteiger partial charge in [0.1, 0.15) is 18.3 Å². The molecular weight excluding hydrogens is 268 g/mol. The van der Waals surface area contributed by atoms with Crippen LogP contribution in [0.25, 0.3) is 0 Å². The van der Waals surface area contributed by atoms with Crippen molar-refractivity contribution in [3.63, 3.8) is 0 Å². The van der Waals surface area contributed by atoms with E-state index >= 15 is 0 Å². The Hall–Kier alpha value is -1.74. The lowest BCUT2D eigenvalue weighted by atomic mass is 10.1. The molecule has 1 aliphatic rings. The number of hydrogen-bond acceptors (Lipinski definition) is 7. The lowest BCUT2D eigenvalue weighted by molar-refractivity contribution is -0.384. The zero-order valence-corrected chi connectivity index (χ0v) is 10.8. The summed E-state index contributed by atoms with van der Waals surface area (Å²) in [7, 11) is 0. The molecule has 1 saturated heterocycles. The Kier molecular flexibility index (Phi) is 4.19. The maximum absolute atomic E-state index is 10.6. The molecular formula is C12H16N2O6. The van der Waals surface area contributed by atoms with E-state index in [9.17, 15) is 20.3 Å². The normalized spacial score (nSPS) is 29.4. The van der Waals surface area contributed by atoms with Gasteiger partial charge < -0.3 is 25.4 Å². The zero-order chi connectivity index (χ0) is 14.9. The Balaban J connectivity index is 2.13. The minimum absolute atomic E-state index is 0.0331. The van der Waals surface area contributed by atoms with Gasteiger partial charge in [-0.05, 0) is 18.6 Å². The summed E-state index contributed by atoms with van der Waals surface area (Å²) in [6, 6.07) is 4.22. The highest BCUT2D eigenvalue weighted by Crippen LogP contribution is 2.26. The molecule has 110 valence electrons. The van der Waals surface area contributed by atoms with E-state index in [0.29, 0.717) is 11.3 Å². The van der Waals surface area contributed by atoms with Crippen LogP contribution in [0.4, 0.5) is 11.4 Å². The van der Waals surface area contributed by atoms with E-state index in [1.807, 2.05) is 0 Å².